The predicted molar refractivity (Wildman–Crippen MR) is 90.6 cm³/mol. The van der Waals surface area contributed by atoms with Gasteiger partial charge in [0.25, 0.3) is 0 Å². The Labute approximate surface area is 144 Å². The van der Waals surface area contributed by atoms with Crippen molar-refractivity contribution in [1.82, 2.24) is 10.5 Å². The van der Waals surface area contributed by atoms with Gasteiger partial charge in [-0.25, -0.2) is 9.18 Å². The molecule has 6 nitrogen and oxygen atoms in total. The van der Waals surface area contributed by atoms with Crippen LogP contribution in [0.4, 0.5) is 14.9 Å². The molecule has 3 aromatic rings. The molecule has 0 aliphatic rings. The first-order chi connectivity index (χ1) is 12.0. The minimum absolute atomic E-state index is 0.0670. The second-order valence-electron chi connectivity index (χ2n) is 5.73. The fourth-order valence-electron chi connectivity index (χ4n) is 2.75. The van der Waals surface area contributed by atoms with Gasteiger partial charge in [-0.1, -0.05) is 5.16 Å². The summed E-state index contributed by atoms with van der Waals surface area (Å²) < 4.78 is 24.4. The summed E-state index contributed by atoms with van der Waals surface area (Å²) >= 11 is 0. The summed E-state index contributed by atoms with van der Waals surface area (Å²) in [5.74, 6) is 0.694. The number of urea groups is 1. The summed E-state index contributed by atoms with van der Waals surface area (Å²) in [7, 11) is 0. The molecule has 3 rings (SSSR count). The molecule has 2 heterocycles. The molecule has 0 aliphatic heterocycles. The number of aromatic nitrogens is 1. The van der Waals surface area contributed by atoms with E-state index >= 15 is 0 Å². The Morgan fingerprint density at radius 3 is 2.72 bits per heavy atom. The fraction of sp³-hybridized carbons (Fsp3) is 0.222. The summed E-state index contributed by atoms with van der Waals surface area (Å²) in [4.78, 5) is 12.2. The second kappa shape index (κ2) is 6.80. The van der Waals surface area contributed by atoms with Crippen molar-refractivity contribution in [3.63, 3.8) is 0 Å². The van der Waals surface area contributed by atoms with E-state index < -0.39 is 11.8 Å². The first-order valence-corrected chi connectivity index (χ1v) is 7.79. The number of nitrogens with zero attached hydrogens (tertiary/aromatic N) is 1. The minimum Gasteiger partial charge on any atom is -0.464 e. The van der Waals surface area contributed by atoms with E-state index in [0.29, 0.717) is 22.8 Å². The predicted octanol–water partition coefficient (Wildman–Crippen LogP) is 4.57. The zero-order valence-corrected chi connectivity index (χ0v) is 14.1. The molecule has 0 aliphatic carbocycles. The number of carbonyl (C=O) groups excluding carboxylic acids is 1. The molecule has 7 heteroatoms. The monoisotopic (exact) mass is 343 g/mol. The normalized spacial score (nSPS) is 12.0. The van der Waals surface area contributed by atoms with Crippen molar-refractivity contribution >= 4 is 11.7 Å². The van der Waals surface area contributed by atoms with Crippen LogP contribution in [0.25, 0.3) is 11.3 Å². The largest absolute Gasteiger partial charge is 0.464 e. The summed E-state index contributed by atoms with van der Waals surface area (Å²) in [5, 5.41) is 9.15. The number of furan rings is 1. The van der Waals surface area contributed by atoms with Gasteiger partial charge in [0.15, 0.2) is 0 Å². The first kappa shape index (κ1) is 16.8. The first-order valence-electron chi connectivity index (χ1n) is 7.79. The van der Waals surface area contributed by atoms with Crippen LogP contribution in [0.2, 0.25) is 0 Å². The Kier molecular flexibility index (Phi) is 4.56. The van der Waals surface area contributed by atoms with Gasteiger partial charge < -0.3 is 19.6 Å². The van der Waals surface area contributed by atoms with E-state index in [1.54, 1.807) is 32.0 Å². The Balaban J connectivity index is 1.74. The Hall–Kier alpha value is -3.09. The van der Waals surface area contributed by atoms with E-state index in [1.807, 2.05) is 6.92 Å². The van der Waals surface area contributed by atoms with Crippen LogP contribution in [0.5, 0.6) is 0 Å². The van der Waals surface area contributed by atoms with E-state index in [2.05, 4.69) is 15.8 Å². The third-order valence-electron chi connectivity index (χ3n) is 3.89. The number of aryl methyl sites for hydroxylation is 2. The van der Waals surface area contributed by atoms with Crippen molar-refractivity contribution < 1.29 is 18.1 Å². The molecule has 0 radical (unpaired) electrons. The van der Waals surface area contributed by atoms with Crippen molar-refractivity contribution in [2.24, 2.45) is 0 Å². The number of rotatable bonds is 4. The van der Waals surface area contributed by atoms with Gasteiger partial charge in [-0.05, 0) is 51.1 Å². The lowest BCUT2D eigenvalue weighted by atomic mass is 10.1. The number of carbonyl (C=O) groups is 1. The van der Waals surface area contributed by atoms with E-state index in [4.69, 9.17) is 8.94 Å². The minimum atomic E-state index is -0.532. The topological polar surface area (TPSA) is 80.3 Å². The fourth-order valence-corrected chi connectivity index (χ4v) is 2.75. The number of anilines is 1. The summed E-state index contributed by atoms with van der Waals surface area (Å²) in [6.45, 7) is 5.38. The highest BCUT2D eigenvalue weighted by Crippen LogP contribution is 2.26. The number of nitrogens with one attached hydrogen (secondary N) is 2. The van der Waals surface area contributed by atoms with Gasteiger partial charge in [-0.2, -0.15) is 0 Å². The molecule has 25 heavy (non-hydrogen) atoms. The Bertz CT molecular complexity index is 868. The van der Waals surface area contributed by atoms with Crippen molar-refractivity contribution in [2.75, 3.05) is 5.32 Å². The summed E-state index contributed by atoms with van der Waals surface area (Å²) in [6.07, 6.45) is 1.53. The third kappa shape index (κ3) is 3.55. The number of benzene rings is 1. The molecule has 0 fully saturated rings. The van der Waals surface area contributed by atoms with Crippen LogP contribution in [0, 0.1) is 19.7 Å². The lowest BCUT2D eigenvalue weighted by molar-refractivity contribution is 0.249. The maximum absolute atomic E-state index is 14.0. The molecule has 2 amide bonds. The third-order valence-corrected chi connectivity index (χ3v) is 3.89. The van der Waals surface area contributed by atoms with Gasteiger partial charge in [0.05, 0.1) is 23.7 Å². The molecule has 0 bridgehead atoms. The highest BCUT2D eigenvalue weighted by Gasteiger charge is 2.19. The van der Waals surface area contributed by atoms with E-state index in [0.717, 1.165) is 5.56 Å². The quantitative estimate of drug-likeness (QED) is 0.727. The van der Waals surface area contributed by atoms with Crippen LogP contribution >= 0.6 is 0 Å². The summed E-state index contributed by atoms with van der Waals surface area (Å²) in [5.41, 5.74) is 2.24. The average molecular weight is 343 g/mol. The number of hydrogen-bond donors (Lipinski definition) is 2. The molecular weight excluding hydrogens is 325 g/mol. The van der Waals surface area contributed by atoms with Crippen molar-refractivity contribution in [3.05, 3.63) is 59.4 Å². The highest BCUT2D eigenvalue weighted by molar-refractivity contribution is 5.90. The molecule has 130 valence electrons. The van der Waals surface area contributed by atoms with Crippen LogP contribution in [0.15, 0.2) is 45.5 Å². The van der Waals surface area contributed by atoms with Crippen molar-refractivity contribution in [3.8, 4) is 11.3 Å². The Morgan fingerprint density at radius 1 is 1.28 bits per heavy atom. The van der Waals surface area contributed by atoms with Crippen molar-refractivity contribution in [1.29, 1.82) is 0 Å². The van der Waals surface area contributed by atoms with Gasteiger partial charge in [-0.15, -0.1) is 0 Å². The molecule has 1 aromatic carbocycles. The van der Waals surface area contributed by atoms with E-state index in [-0.39, 0.29) is 11.7 Å². The maximum atomic E-state index is 14.0. The van der Waals surface area contributed by atoms with Crippen LogP contribution in [-0.2, 0) is 0 Å². The zero-order chi connectivity index (χ0) is 18.0. The average Bonchev–Trinajstić information content (AvgIpc) is 3.19. The van der Waals surface area contributed by atoms with E-state index in [1.165, 1.54) is 18.4 Å². The molecule has 0 saturated carbocycles. The standard InChI is InChI=1S/C18H18FN3O3/c1-10(17-11(2)22-25-12(17)3)20-18(23)21-15-9-13(6-7-14(15)19)16-5-4-8-24-16/h4-10H,1-3H3,(H2,20,21,23)/t10-/m1/s1. The van der Waals surface area contributed by atoms with Crippen LogP contribution in [0.1, 0.15) is 30.0 Å². The lowest BCUT2D eigenvalue weighted by Crippen LogP contribution is -2.31. The number of amides is 2. The van der Waals surface area contributed by atoms with Crippen molar-refractivity contribution in [2.45, 2.75) is 26.8 Å². The molecule has 2 N–H and O–H groups in total. The molecule has 0 saturated heterocycles. The van der Waals surface area contributed by atoms with Gasteiger partial charge in [0, 0.05) is 11.1 Å². The van der Waals surface area contributed by atoms with Gasteiger partial charge in [0.1, 0.15) is 17.3 Å². The molecular formula is C18H18FN3O3. The Morgan fingerprint density at radius 2 is 2.08 bits per heavy atom. The van der Waals surface area contributed by atoms with Gasteiger partial charge in [0.2, 0.25) is 0 Å². The van der Waals surface area contributed by atoms with Crippen LogP contribution in [0.3, 0.4) is 0 Å². The number of halogens is 1. The molecule has 1 atom stereocenters. The maximum Gasteiger partial charge on any atom is 0.319 e. The van der Waals surface area contributed by atoms with Crippen LogP contribution in [-0.4, -0.2) is 11.2 Å². The van der Waals surface area contributed by atoms with Gasteiger partial charge in [-0.3, -0.25) is 0 Å². The van der Waals surface area contributed by atoms with Crippen LogP contribution < -0.4 is 10.6 Å². The molecule has 2 aromatic heterocycles. The SMILES string of the molecule is Cc1noc(C)c1[C@@H](C)NC(=O)Nc1cc(-c2ccco2)ccc1F. The second-order valence-corrected chi connectivity index (χ2v) is 5.73. The number of hydrogen-bond acceptors (Lipinski definition) is 4. The highest BCUT2D eigenvalue weighted by atomic mass is 19.1. The smallest absolute Gasteiger partial charge is 0.319 e. The summed E-state index contributed by atoms with van der Waals surface area (Å²) in [6, 6.07) is 7.04. The lowest BCUT2D eigenvalue weighted by Gasteiger charge is -2.15. The van der Waals surface area contributed by atoms with E-state index in [9.17, 15) is 9.18 Å². The molecule has 0 unspecified atom stereocenters. The molecule has 0 spiro atoms. The van der Waals surface area contributed by atoms with Gasteiger partial charge >= 0.3 is 6.03 Å². The zero-order valence-electron chi connectivity index (χ0n) is 14.1.